The second-order valence-electron chi connectivity index (χ2n) is 5.64. The van der Waals surface area contributed by atoms with E-state index in [1.165, 1.54) is 29.0 Å². The number of hydrogen-bond acceptors (Lipinski definition) is 7. The molecular weight excluding hydrogens is 384 g/mol. The van der Waals surface area contributed by atoms with Gasteiger partial charge in [-0.1, -0.05) is 47.7 Å². The second-order valence-corrected chi connectivity index (χ2v) is 7.69. The zero-order chi connectivity index (χ0) is 19.2. The first-order valence-corrected chi connectivity index (χ1v) is 10.0. The van der Waals surface area contributed by atoms with Crippen molar-refractivity contribution in [3.05, 3.63) is 80.3 Å². The van der Waals surface area contributed by atoms with Crippen molar-refractivity contribution in [3.8, 4) is 0 Å². The zero-order valence-corrected chi connectivity index (χ0v) is 16.0. The first-order valence-electron chi connectivity index (χ1n) is 8.04. The van der Waals surface area contributed by atoms with Crippen LogP contribution in [-0.2, 0) is 11.5 Å². The van der Waals surface area contributed by atoms with E-state index < -0.39 is 10.8 Å². The number of nitro benzene ring substituents is 1. The Bertz CT molecular complexity index is 960. The lowest BCUT2D eigenvalue weighted by molar-refractivity contribution is -0.385. The quantitative estimate of drug-likeness (QED) is 0.465. The standard InChI is InChI=1S/C18H16N4O3S2/c1-12-14(8-5-9-15(12)22(24)25)17(23)19-18-21-20-16(27-18)11-26-10-13-6-3-2-4-7-13/h2-9H,10-11H2,1H3,(H,19,21,23). The molecule has 0 saturated heterocycles. The molecule has 7 nitrogen and oxygen atoms in total. The Labute approximate surface area is 164 Å². The molecule has 3 aromatic rings. The monoisotopic (exact) mass is 400 g/mol. The van der Waals surface area contributed by atoms with Gasteiger partial charge in [0.25, 0.3) is 11.6 Å². The van der Waals surface area contributed by atoms with Crippen LogP contribution in [0.1, 0.15) is 26.5 Å². The van der Waals surface area contributed by atoms with Crippen molar-refractivity contribution in [2.75, 3.05) is 5.32 Å². The molecule has 1 aromatic heterocycles. The van der Waals surface area contributed by atoms with Crippen LogP contribution in [0.2, 0.25) is 0 Å². The minimum Gasteiger partial charge on any atom is -0.296 e. The van der Waals surface area contributed by atoms with Gasteiger partial charge in [0.15, 0.2) is 0 Å². The fourth-order valence-electron chi connectivity index (χ4n) is 2.42. The van der Waals surface area contributed by atoms with Crippen LogP contribution in [-0.4, -0.2) is 21.0 Å². The van der Waals surface area contributed by atoms with Crippen LogP contribution in [0.5, 0.6) is 0 Å². The Morgan fingerprint density at radius 2 is 1.93 bits per heavy atom. The van der Waals surface area contributed by atoms with Crippen LogP contribution in [0.3, 0.4) is 0 Å². The molecule has 3 rings (SSSR count). The van der Waals surface area contributed by atoms with Gasteiger partial charge >= 0.3 is 0 Å². The molecular formula is C18H16N4O3S2. The highest BCUT2D eigenvalue weighted by molar-refractivity contribution is 7.97. The normalized spacial score (nSPS) is 10.6. The molecule has 1 N–H and O–H groups in total. The smallest absolute Gasteiger partial charge is 0.273 e. The summed E-state index contributed by atoms with van der Waals surface area (Å²) in [6, 6.07) is 14.5. The van der Waals surface area contributed by atoms with E-state index in [1.807, 2.05) is 18.2 Å². The highest BCUT2D eigenvalue weighted by Gasteiger charge is 2.19. The van der Waals surface area contributed by atoms with Crippen LogP contribution in [0, 0.1) is 17.0 Å². The number of hydrogen-bond donors (Lipinski definition) is 1. The molecule has 0 aliphatic carbocycles. The zero-order valence-electron chi connectivity index (χ0n) is 14.4. The van der Waals surface area contributed by atoms with Crippen LogP contribution in [0.15, 0.2) is 48.5 Å². The van der Waals surface area contributed by atoms with E-state index >= 15 is 0 Å². The first kappa shape index (κ1) is 19.0. The summed E-state index contributed by atoms with van der Waals surface area (Å²) < 4.78 is 0. The topological polar surface area (TPSA) is 98.0 Å². The van der Waals surface area contributed by atoms with E-state index in [1.54, 1.807) is 24.8 Å². The van der Waals surface area contributed by atoms with E-state index in [4.69, 9.17) is 0 Å². The van der Waals surface area contributed by atoms with Crippen molar-refractivity contribution in [1.82, 2.24) is 10.2 Å². The van der Waals surface area contributed by atoms with Gasteiger partial charge in [0.05, 0.1) is 4.92 Å². The minimum absolute atomic E-state index is 0.0853. The average Bonchev–Trinajstić information content (AvgIpc) is 3.09. The third-order valence-electron chi connectivity index (χ3n) is 3.77. The van der Waals surface area contributed by atoms with Crippen molar-refractivity contribution in [2.45, 2.75) is 18.4 Å². The van der Waals surface area contributed by atoms with Crippen LogP contribution < -0.4 is 5.32 Å². The van der Waals surface area contributed by atoms with E-state index in [-0.39, 0.29) is 11.3 Å². The SMILES string of the molecule is Cc1c(C(=O)Nc2nnc(CSCc3ccccc3)s2)cccc1[N+](=O)[O-]. The lowest BCUT2D eigenvalue weighted by atomic mass is 10.1. The molecule has 0 spiro atoms. The number of aromatic nitrogens is 2. The minimum atomic E-state index is -0.501. The molecule has 0 aliphatic heterocycles. The highest BCUT2D eigenvalue weighted by atomic mass is 32.2. The Balaban J connectivity index is 1.60. The predicted octanol–water partition coefficient (Wildman–Crippen LogP) is 4.44. The molecule has 138 valence electrons. The Kier molecular flexibility index (Phi) is 6.15. The number of nitro groups is 1. The van der Waals surface area contributed by atoms with Crippen molar-refractivity contribution >= 4 is 39.8 Å². The number of amides is 1. The molecule has 0 saturated carbocycles. The molecule has 0 radical (unpaired) electrons. The van der Waals surface area contributed by atoms with Gasteiger partial charge in [0.2, 0.25) is 5.13 Å². The Morgan fingerprint density at radius 3 is 2.67 bits per heavy atom. The summed E-state index contributed by atoms with van der Waals surface area (Å²) in [6.07, 6.45) is 0. The maximum absolute atomic E-state index is 12.4. The van der Waals surface area contributed by atoms with E-state index in [2.05, 4.69) is 27.6 Å². The summed E-state index contributed by atoms with van der Waals surface area (Å²) in [6.45, 7) is 1.55. The number of benzene rings is 2. The van der Waals surface area contributed by atoms with Crippen LogP contribution >= 0.6 is 23.1 Å². The highest BCUT2D eigenvalue weighted by Crippen LogP contribution is 2.25. The van der Waals surface area contributed by atoms with Crippen LogP contribution in [0.4, 0.5) is 10.8 Å². The summed E-state index contributed by atoms with van der Waals surface area (Å²) in [7, 11) is 0. The molecule has 0 unspecified atom stereocenters. The number of rotatable bonds is 7. The van der Waals surface area contributed by atoms with Gasteiger partial charge in [0.1, 0.15) is 5.01 Å². The van der Waals surface area contributed by atoms with Gasteiger partial charge < -0.3 is 0 Å². The number of nitrogens with zero attached hydrogens (tertiary/aromatic N) is 3. The van der Waals surface area contributed by atoms with E-state index in [9.17, 15) is 14.9 Å². The molecule has 1 heterocycles. The third kappa shape index (κ3) is 4.89. The summed E-state index contributed by atoms with van der Waals surface area (Å²) in [5.41, 5.74) is 1.72. The summed E-state index contributed by atoms with van der Waals surface area (Å²) in [5.74, 6) is 1.13. The van der Waals surface area contributed by atoms with E-state index in [0.29, 0.717) is 16.4 Å². The number of carbonyl (C=O) groups is 1. The fourth-order valence-corrected chi connectivity index (χ4v) is 4.20. The van der Waals surface area contributed by atoms with Crippen molar-refractivity contribution in [1.29, 1.82) is 0 Å². The summed E-state index contributed by atoms with van der Waals surface area (Å²) in [5, 5.41) is 22.9. The van der Waals surface area contributed by atoms with Gasteiger partial charge in [-0.15, -0.1) is 22.0 Å². The molecule has 0 bridgehead atoms. The van der Waals surface area contributed by atoms with Crippen LogP contribution in [0.25, 0.3) is 0 Å². The van der Waals surface area contributed by atoms with Gasteiger partial charge in [0, 0.05) is 28.7 Å². The molecule has 1 amide bonds. The number of thioether (sulfide) groups is 1. The van der Waals surface area contributed by atoms with Gasteiger partial charge in [-0.05, 0) is 18.6 Å². The van der Waals surface area contributed by atoms with Gasteiger partial charge in [-0.2, -0.15) is 0 Å². The molecule has 0 aliphatic rings. The number of carbonyl (C=O) groups excluding carboxylic acids is 1. The van der Waals surface area contributed by atoms with Crippen molar-refractivity contribution in [3.63, 3.8) is 0 Å². The maximum atomic E-state index is 12.4. The average molecular weight is 400 g/mol. The van der Waals surface area contributed by atoms with Crippen molar-refractivity contribution < 1.29 is 9.72 Å². The molecule has 9 heteroatoms. The molecule has 0 atom stereocenters. The first-order chi connectivity index (χ1) is 13.0. The van der Waals surface area contributed by atoms with Gasteiger partial charge in [-0.25, -0.2) is 0 Å². The molecule has 2 aromatic carbocycles. The number of anilines is 1. The van der Waals surface area contributed by atoms with E-state index in [0.717, 1.165) is 10.8 Å². The summed E-state index contributed by atoms with van der Waals surface area (Å²) >= 11 is 3.01. The van der Waals surface area contributed by atoms with Crippen molar-refractivity contribution in [2.24, 2.45) is 0 Å². The second kappa shape index (κ2) is 8.74. The Morgan fingerprint density at radius 1 is 1.15 bits per heavy atom. The van der Waals surface area contributed by atoms with Gasteiger partial charge in [-0.3, -0.25) is 20.2 Å². The largest absolute Gasteiger partial charge is 0.296 e. The lowest BCUT2D eigenvalue weighted by Crippen LogP contribution is -2.14. The predicted molar refractivity (Wildman–Crippen MR) is 107 cm³/mol. The Hall–Kier alpha value is -2.78. The third-order valence-corrected chi connectivity index (χ3v) is 5.81. The molecule has 0 fully saturated rings. The maximum Gasteiger partial charge on any atom is 0.273 e. The summed E-state index contributed by atoms with van der Waals surface area (Å²) in [4.78, 5) is 22.9. The fraction of sp³-hybridized carbons (Fsp3) is 0.167. The lowest BCUT2D eigenvalue weighted by Gasteiger charge is -2.05. The molecule has 27 heavy (non-hydrogen) atoms. The number of nitrogens with one attached hydrogen (secondary N) is 1.